The highest BCUT2D eigenvalue weighted by molar-refractivity contribution is 6.05. The summed E-state index contributed by atoms with van der Waals surface area (Å²) in [5.74, 6) is -0.335. The van der Waals surface area contributed by atoms with E-state index in [1.807, 2.05) is 36.7 Å². The molecule has 0 atom stereocenters. The summed E-state index contributed by atoms with van der Waals surface area (Å²) in [5.41, 5.74) is 4.50. The number of para-hydroxylation sites is 1. The van der Waals surface area contributed by atoms with Crippen LogP contribution >= 0.6 is 0 Å². The second-order valence-electron chi connectivity index (χ2n) is 5.78. The van der Waals surface area contributed by atoms with Crippen LogP contribution in [-0.4, -0.2) is 10.5 Å². The Morgan fingerprint density at radius 2 is 1.70 bits per heavy atom. The number of pyridine rings is 1. The lowest BCUT2D eigenvalue weighted by molar-refractivity contribution is 0.102. The number of anilines is 1. The molecule has 0 aliphatic rings. The number of amides is 1. The number of benzene rings is 1. The predicted octanol–water partition coefficient (Wildman–Crippen LogP) is 3.38. The van der Waals surface area contributed by atoms with E-state index >= 15 is 0 Å². The molecule has 0 saturated carbocycles. The SMILES string of the molecule is CCc1cccc(CC)c1NC(=O)c1c(C)n(C)c(C)cc1=O. The van der Waals surface area contributed by atoms with E-state index in [0.29, 0.717) is 5.69 Å². The maximum atomic E-state index is 12.7. The number of rotatable bonds is 4. The number of carbonyl (C=O) groups excluding carboxylic acids is 1. The molecule has 122 valence electrons. The second kappa shape index (κ2) is 6.82. The van der Waals surface area contributed by atoms with Gasteiger partial charge >= 0.3 is 0 Å². The van der Waals surface area contributed by atoms with E-state index in [1.54, 1.807) is 6.92 Å². The second-order valence-corrected chi connectivity index (χ2v) is 5.78. The van der Waals surface area contributed by atoms with E-state index in [-0.39, 0.29) is 16.9 Å². The summed E-state index contributed by atoms with van der Waals surface area (Å²) in [5, 5.41) is 2.97. The summed E-state index contributed by atoms with van der Waals surface area (Å²) >= 11 is 0. The minimum atomic E-state index is -0.335. The van der Waals surface area contributed by atoms with Gasteiger partial charge in [-0.15, -0.1) is 0 Å². The van der Waals surface area contributed by atoms with Gasteiger partial charge in [0.1, 0.15) is 5.56 Å². The molecule has 1 N–H and O–H groups in total. The van der Waals surface area contributed by atoms with Crippen molar-refractivity contribution in [2.45, 2.75) is 40.5 Å². The van der Waals surface area contributed by atoms with Crippen LogP contribution in [0.3, 0.4) is 0 Å². The largest absolute Gasteiger partial charge is 0.351 e. The van der Waals surface area contributed by atoms with Crippen LogP contribution < -0.4 is 10.7 Å². The minimum absolute atomic E-state index is 0.214. The average molecular weight is 312 g/mol. The standard InChI is InChI=1S/C19H24N2O2/c1-6-14-9-8-10-15(7-2)18(14)20-19(23)17-13(4)21(5)12(3)11-16(17)22/h8-11H,6-7H2,1-5H3,(H,20,23). The molecule has 0 saturated heterocycles. The lowest BCUT2D eigenvalue weighted by Gasteiger charge is -2.16. The first-order valence-electron chi connectivity index (χ1n) is 8.00. The van der Waals surface area contributed by atoms with Crippen LogP contribution in [0.5, 0.6) is 0 Å². The number of carbonyl (C=O) groups is 1. The van der Waals surface area contributed by atoms with Crippen molar-refractivity contribution in [3.05, 3.63) is 62.6 Å². The van der Waals surface area contributed by atoms with Crippen LogP contribution in [0.25, 0.3) is 0 Å². The van der Waals surface area contributed by atoms with E-state index in [1.165, 1.54) is 6.07 Å². The molecule has 4 nitrogen and oxygen atoms in total. The number of hydrogen-bond donors (Lipinski definition) is 1. The third-order valence-corrected chi connectivity index (χ3v) is 4.44. The van der Waals surface area contributed by atoms with Crippen molar-refractivity contribution in [1.29, 1.82) is 0 Å². The van der Waals surface area contributed by atoms with Crippen LogP contribution in [0.2, 0.25) is 0 Å². The van der Waals surface area contributed by atoms with Crippen LogP contribution in [-0.2, 0) is 19.9 Å². The topological polar surface area (TPSA) is 51.1 Å². The van der Waals surface area contributed by atoms with E-state index < -0.39 is 0 Å². The molecule has 1 aromatic carbocycles. The molecule has 1 amide bonds. The van der Waals surface area contributed by atoms with Crippen LogP contribution in [0, 0.1) is 13.8 Å². The average Bonchev–Trinajstić information content (AvgIpc) is 2.52. The zero-order valence-electron chi connectivity index (χ0n) is 14.5. The molecule has 0 aliphatic heterocycles. The van der Waals surface area contributed by atoms with Crippen LogP contribution in [0.4, 0.5) is 5.69 Å². The summed E-state index contributed by atoms with van der Waals surface area (Å²) in [7, 11) is 1.86. The Bertz CT molecular complexity index is 781. The van der Waals surface area contributed by atoms with Crippen molar-refractivity contribution in [2.75, 3.05) is 5.32 Å². The number of hydrogen-bond acceptors (Lipinski definition) is 2. The summed E-state index contributed by atoms with van der Waals surface area (Å²) in [6.07, 6.45) is 1.66. The van der Waals surface area contributed by atoms with Crippen molar-refractivity contribution in [2.24, 2.45) is 7.05 Å². The Morgan fingerprint density at radius 1 is 1.13 bits per heavy atom. The first-order valence-corrected chi connectivity index (χ1v) is 8.00. The quantitative estimate of drug-likeness (QED) is 0.941. The van der Waals surface area contributed by atoms with Gasteiger partial charge in [-0.25, -0.2) is 0 Å². The normalized spacial score (nSPS) is 10.7. The van der Waals surface area contributed by atoms with E-state index in [2.05, 4.69) is 19.2 Å². The number of aryl methyl sites for hydroxylation is 3. The van der Waals surface area contributed by atoms with E-state index in [0.717, 1.165) is 35.3 Å². The van der Waals surface area contributed by atoms with E-state index in [4.69, 9.17) is 0 Å². The summed E-state index contributed by atoms with van der Waals surface area (Å²) in [4.78, 5) is 25.0. The van der Waals surface area contributed by atoms with Gasteiger partial charge in [0.2, 0.25) is 0 Å². The highest BCUT2D eigenvalue weighted by Gasteiger charge is 2.18. The fourth-order valence-electron chi connectivity index (χ4n) is 2.82. The molecule has 23 heavy (non-hydrogen) atoms. The molecule has 1 aromatic heterocycles. The van der Waals surface area contributed by atoms with Gasteiger partial charge in [0.15, 0.2) is 5.43 Å². The first kappa shape index (κ1) is 17.0. The van der Waals surface area contributed by atoms with Crippen molar-refractivity contribution >= 4 is 11.6 Å². The zero-order chi connectivity index (χ0) is 17.1. The first-order chi connectivity index (χ1) is 10.9. The molecule has 4 heteroatoms. The highest BCUT2D eigenvalue weighted by Crippen LogP contribution is 2.23. The summed E-state index contributed by atoms with van der Waals surface area (Å²) in [6.45, 7) is 7.77. The van der Waals surface area contributed by atoms with Crippen molar-refractivity contribution in [3.63, 3.8) is 0 Å². The molecule has 0 fully saturated rings. The third-order valence-electron chi connectivity index (χ3n) is 4.44. The summed E-state index contributed by atoms with van der Waals surface area (Å²) in [6, 6.07) is 7.53. The number of nitrogens with zero attached hydrogens (tertiary/aromatic N) is 1. The molecular formula is C19H24N2O2. The Balaban J connectivity index is 2.50. The predicted molar refractivity (Wildman–Crippen MR) is 94.3 cm³/mol. The molecule has 0 unspecified atom stereocenters. The molecular weight excluding hydrogens is 288 g/mol. The molecule has 2 rings (SSSR count). The zero-order valence-corrected chi connectivity index (χ0v) is 14.5. The number of nitrogens with one attached hydrogen (secondary N) is 1. The minimum Gasteiger partial charge on any atom is -0.351 e. The lowest BCUT2D eigenvalue weighted by atomic mass is 10.0. The van der Waals surface area contributed by atoms with Crippen molar-refractivity contribution in [3.8, 4) is 0 Å². The molecule has 0 aliphatic carbocycles. The Morgan fingerprint density at radius 3 is 2.22 bits per heavy atom. The van der Waals surface area contributed by atoms with Gasteiger partial charge in [-0.1, -0.05) is 32.0 Å². The van der Waals surface area contributed by atoms with Gasteiger partial charge in [0, 0.05) is 30.2 Å². The van der Waals surface area contributed by atoms with Gasteiger partial charge in [-0.05, 0) is 37.8 Å². The van der Waals surface area contributed by atoms with Gasteiger partial charge in [0.25, 0.3) is 5.91 Å². The van der Waals surface area contributed by atoms with Crippen LogP contribution in [0.15, 0.2) is 29.1 Å². The Labute approximate surface area is 137 Å². The Kier molecular flexibility index (Phi) is 5.04. The van der Waals surface area contributed by atoms with Crippen LogP contribution in [0.1, 0.15) is 46.7 Å². The monoisotopic (exact) mass is 312 g/mol. The van der Waals surface area contributed by atoms with Crippen molar-refractivity contribution < 1.29 is 4.79 Å². The number of aromatic nitrogens is 1. The maximum absolute atomic E-state index is 12.7. The third kappa shape index (κ3) is 3.21. The highest BCUT2D eigenvalue weighted by atomic mass is 16.2. The Hall–Kier alpha value is -2.36. The fraction of sp³-hybridized carbons (Fsp3) is 0.368. The molecule has 0 radical (unpaired) electrons. The fourth-order valence-corrected chi connectivity index (χ4v) is 2.82. The maximum Gasteiger partial charge on any atom is 0.261 e. The van der Waals surface area contributed by atoms with Gasteiger partial charge < -0.3 is 9.88 Å². The molecule has 1 heterocycles. The van der Waals surface area contributed by atoms with Gasteiger partial charge in [0.05, 0.1) is 0 Å². The van der Waals surface area contributed by atoms with E-state index in [9.17, 15) is 9.59 Å². The molecule has 0 spiro atoms. The lowest BCUT2D eigenvalue weighted by Crippen LogP contribution is -2.26. The van der Waals surface area contributed by atoms with Crippen molar-refractivity contribution in [1.82, 2.24) is 4.57 Å². The summed E-state index contributed by atoms with van der Waals surface area (Å²) < 4.78 is 1.86. The van der Waals surface area contributed by atoms with Gasteiger partial charge in [-0.3, -0.25) is 9.59 Å². The molecule has 0 bridgehead atoms. The molecule has 2 aromatic rings. The van der Waals surface area contributed by atoms with Gasteiger partial charge in [-0.2, -0.15) is 0 Å². The smallest absolute Gasteiger partial charge is 0.261 e.